The van der Waals surface area contributed by atoms with Gasteiger partial charge in [-0.2, -0.15) is 0 Å². The first-order chi connectivity index (χ1) is 8.10. The Morgan fingerprint density at radius 3 is 2.00 bits per heavy atom. The van der Waals surface area contributed by atoms with Crippen molar-refractivity contribution >= 4 is 5.97 Å². The normalized spacial score (nSPS) is 12.1. The van der Waals surface area contributed by atoms with Gasteiger partial charge >= 0.3 is 12.3 Å². The second-order valence-corrected chi connectivity index (χ2v) is 4.18. The summed E-state index contributed by atoms with van der Waals surface area (Å²) in [5.41, 5.74) is -0.324. The molecule has 6 heteroatoms. The molecule has 1 rings (SSSR count). The Labute approximate surface area is 103 Å². The van der Waals surface area contributed by atoms with E-state index in [9.17, 15) is 18.0 Å². The highest BCUT2D eigenvalue weighted by Crippen LogP contribution is 2.28. The van der Waals surface area contributed by atoms with Gasteiger partial charge in [-0.25, -0.2) is 0 Å². The van der Waals surface area contributed by atoms with E-state index in [1.165, 1.54) is 31.2 Å². The van der Waals surface area contributed by atoms with Crippen molar-refractivity contribution in [2.45, 2.75) is 32.7 Å². The van der Waals surface area contributed by atoms with Gasteiger partial charge in [-0.3, -0.25) is 4.79 Å². The summed E-state index contributed by atoms with van der Waals surface area (Å²) in [6.45, 7) is 4.56. The van der Waals surface area contributed by atoms with Crippen molar-refractivity contribution in [2.24, 2.45) is 0 Å². The van der Waals surface area contributed by atoms with Crippen molar-refractivity contribution in [3.63, 3.8) is 0 Å². The standard InChI is InChI=1S/C12H13F3O3/c1-8(16)17-11(2,3)9-4-6-10(7-5-9)18-12(13,14)15/h4-7H,1-3H3. The van der Waals surface area contributed by atoms with Gasteiger partial charge in [-0.05, 0) is 31.5 Å². The van der Waals surface area contributed by atoms with E-state index in [0.717, 1.165) is 0 Å². The van der Waals surface area contributed by atoms with Crippen molar-refractivity contribution in [1.82, 2.24) is 0 Å². The van der Waals surface area contributed by atoms with Gasteiger partial charge in [0.2, 0.25) is 0 Å². The molecule has 0 unspecified atom stereocenters. The summed E-state index contributed by atoms with van der Waals surface area (Å²) >= 11 is 0. The fourth-order valence-electron chi connectivity index (χ4n) is 1.48. The Balaban J connectivity index is 2.85. The van der Waals surface area contributed by atoms with Crippen molar-refractivity contribution in [2.75, 3.05) is 0 Å². The largest absolute Gasteiger partial charge is 0.573 e. The SMILES string of the molecule is CC(=O)OC(C)(C)c1ccc(OC(F)(F)F)cc1. The molecule has 0 aliphatic heterocycles. The number of rotatable bonds is 3. The van der Waals surface area contributed by atoms with Crippen LogP contribution in [0, 0.1) is 0 Å². The topological polar surface area (TPSA) is 35.5 Å². The quantitative estimate of drug-likeness (QED) is 0.783. The van der Waals surface area contributed by atoms with E-state index in [1.807, 2.05) is 0 Å². The maximum absolute atomic E-state index is 12.0. The van der Waals surface area contributed by atoms with E-state index in [0.29, 0.717) is 5.56 Å². The van der Waals surface area contributed by atoms with Gasteiger partial charge in [0, 0.05) is 6.92 Å². The minimum atomic E-state index is -4.72. The molecule has 0 aliphatic rings. The maximum Gasteiger partial charge on any atom is 0.573 e. The molecule has 0 aliphatic carbocycles. The first-order valence-electron chi connectivity index (χ1n) is 5.16. The molecule has 0 fully saturated rings. The number of hydrogen-bond acceptors (Lipinski definition) is 3. The molecular weight excluding hydrogens is 249 g/mol. The summed E-state index contributed by atoms with van der Waals surface area (Å²) in [7, 11) is 0. The van der Waals surface area contributed by atoms with Crippen LogP contribution in [-0.2, 0) is 15.1 Å². The maximum atomic E-state index is 12.0. The lowest BCUT2D eigenvalue weighted by Gasteiger charge is -2.25. The van der Waals surface area contributed by atoms with E-state index < -0.39 is 17.9 Å². The lowest BCUT2D eigenvalue weighted by atomic mass is 9.98. The van der Waals surface area contributed by atoms with Gasteiger partial charge in [0.1, 0.15) is 11.4 Å². The molecule has 1 aromatic rings. The Hall–Kier alpha value is -1.72. The fraction of sp³-hybridized carbons (Fsp3) is 0.417. The molecule has 0 N–H and O–H groups in total. The molecule has 0 spiro atoms. The average Bonchev–Trinajstić information content (AvgIpc) is 2.13. The van der Waals surface area contributed by atoms with Crippen LogP contribution in [0.5, 0.6) is 5.75 Å². The number of carbonyl (C=O) groups excluding carboxylic acids is 1. The van der Waals surface area contributed by atoms with E-state index in [-0.39, 0.29) is 5.75 Å². The molecule has 1 aromatic carbocycles. The average molecular weight is 262 g/mol. The zero-order valence-corrected chi connectivity index (χ0v) is 10.2. The third kappa shape index (κ3) is 4.27. The summed E-state index contributed by atoms with van der Waals surface area (Å²) in [5.74, 6) is -0.777. The summed E-state index contributed by atoms with van der Waals surface area (Å²) in [4.78, 5) is 10.9. The molecule has 0 atom stereocenters. The molecule has 3 nitrogen and oxygen atoms in total. The Morgan fingerprint density at radius 2 is 1.61 bits per heavy atom. The molecule has 18 heavy (non-hydrogen) atoms. The third-order valence-corrected chi connectivity index (χ3v) is 2.18. The van der Waals surface area contributed by atoms with E-state index in [2.05, 4.69) is 4.74 Å². The lowest BCUT2D eigenvalue weighted by molar-refractivity contribution is -0.274. The molecule has 0 saturated heterocycles. The number of alkyl halides is 3. The van der Waals surface area contributed by atoms with Crippen LogP contribution in [0.15, 0.2) is 24.3 Å². The zero-order valence-electron chi connectivity index (χ0n) is 10.2. The molecule has 0 heterocycles. The number of benzene rings is 1. The summed E-state index contributed by atoms with van der Waals surface area (Å²) in [6.07, 6.45) is -4.72. The van der Waals surface area contributed by atoms with Crippen molar-refractivity contribution < 1.29 is 27.4 Å². The van der Waals surface area contributed by atoms with Crippen LogP contribution in [0.3, 0.4) is 0 Å². The van der Waals surface area contributed by atoms with E-state index in [4.69, 9.17) is 4.74 Å². The lowest BCUT2D eigenvalue weighted by Crippen LogP contribution is -2.24. The van der Waals surface area contributed by atoms with E-state index >= 15 is 0 Å². The molecule has 0 aromatic heterocycles. The molecular formula is C12H13F3O3. The first kappa shape index (κ1) is 14.3. The molecule has 0 bridgehead atoms. The summed E-state index contributed by atoms with van der Waals surface area (Å²) in [6, 6.07) is 5.19. The van der Waals surface area contributed by atoms with Crippen LogP contribution in [0.25, 0.3) is 0 Å². The van der Waals surface area contributed by atoms with Crippen LogP contribution >= 0.6 is 0 Å². The number of carbonyl (C=O) groups is 1. The van der Waals surface area contributed by atoms with Crippen LogP contribution in [0.1, 0.15) is 26.3 Å². The molecule has 0 radical (unpaired) electrons. The Morgan fingerprint density at radius 1 is 1.11 bits per heavy atom. The van der Waals surface area contributed by atoms with Crippen LogP contribution in [-0.4, -0.2) is 12.3 Å². The van der Waals surface area contributed by atoms with Gasteiger partial charge in [0.25, 0.3) is 0 Å². The Bertz CT molecular complexity index is 421. The zero-order chi connectivity index (χ0) is 14.0. The molecule has 0 amide bonds. The van der Waals surface area contributed by atoms with Crippen LogP contribution in [0.4, 0.5) is 13.2 Å². The van der Waals surface area contributed by atoms with Gasteiger partial charge in [-0.15, -0.1) is 13.2 Å². The summed E-state index contributed by atoms with van der Waals surface area (Å²) in [5, 5.41) is 0. The van der Waals surface area contributed by atoms with Crippen LogP contribution in [0.2, 0.25) is 0 Å². The number of ether oxygens (including phenoxy) is 2. The second-order valence-electron chi connectivity index (χ2n) is 4.18. The van der Waals surface area contributed by atoms with Gasteiger partial charge < -0.3 is 9.47 Å². The predicted molar refractivity (Wildman–Crippen MR) is 57.9 cm³/mol. The molecule has 100 valence electrons. The van der Waals surface area contributed by atoms with Crippen molar-refractivity contribution in [3.8, 4) is 5.75 Å². The van der Waals surface area contributed by atoms with Crippen molar-refractivity contribution in [1.29, 1.82) is 0 Å². The third-order valence-electron chi connectivity index (χ3n) is 2.18. The second kappa shape index (κ2) is 4.88. The monoisotopic (exact) mass is 262 g/mol. The minimum absolute atomic E-state index is 0.315. The predicted octanol–water partition coefficient (Wildman–Crippen LogP) is 3.38. The molecule has 0 saturated carbocycles. The smallest absolute Gasteiger partial charge is 0.455 e. The van der Waals surface area contributed by atoms with Gasteiger partial charge in [0.15, 0.2) is 0 Å². The van der Waals surface area contributed by atoms with Gasteiger partial charge in [-0.1, -0.05) is 12.1 Å². The Kier molecular flexibility index (Phi) is 3.88. The number of esters is 1. The fourth-order valence-corrected chi connectivity index (χ4v) is 1.48. The number of hydrogen-bond donors (Lipinski definition) is 0. The van der Waals surface area contributed by atoms with Crippen LogP contribution < -0.4 is 4.74 Å². The van der Waals surface area contributed by atoms with Crippen molar-refractivity contribution in [3.05, 3.63) is 29.8 Å². The first-order valence-corrected chi connectivity index (χ1v) is 5.16. The van der Waals surface area contributed by atoms with Gasteiger partial charge in [0.05, 0.1) is 0 Å². The minimum Gasteiger partial charge on any atom is -0.455 e. The highest BCUT2D eigenvalue weighted by molar-refractivity contribution is 5.66. The highest BCUT2D eigenvalue weighted by atomic mass is 19.4. The number of halogens is 3. The highest BCUT2D eigenvalue weighted by Gasteiger charge is 2.31. The summed E-state index contributed by atoms with van der Waals surface area (Å²) < 4.78 is 44.7. The van der Waals surface area contributed by atoms with E-state index in [1.54, 1.807) is 13.8 Å².